The molecule has 5 heteroatoms. The third kappa shape index (κ3) is 2.39. The molecule has 90 valence electrons. The fourth-order valence-corrected chi connectivity index (χ4v) is 2.28. The van der Waals surface area contributed by atoms with Gasteiger partial charge in [0.1, 0.15) is 5.15 Å². The van der Waals surface area contributed by atoms with Crippen molar-refractivity contribution in [1.29, 1.82) is 5.26 Å². The van der Waals surface area contributed by atoms with Gasteiger partial charge >= 0.3 is 0 Å². The summed E-state index contributed by atoms with van der Waals surface area (Å²) in [5, 5.41) is 9.61. The third-order valence-corrected chi connectivity index (χ3v) is 3.55. The summed E-state index contributed by atoms with van der Waals surface area (Å²) in [6.07, 6.45) is 1.35. The van der Waals surface area contributed by atoms with Crippen molar-refractivity contribution in [3.05, 3.63) is 29.0 Å². The smallest absolute Gasteiger partial charge is 0.244 e. The Morgan fingerprint density at radius 2 is 1.88 bits per heavy atom. The van der Waals surface area contributed by atoms with Crippen LogP contribution in [0.2, 0.25) is 5.15 Å². The van der Waals surface area contributed by atoms with Crippen molar-refractivity contribution >= 4 is 11.6 Å². The first-order valence-corrected chi connectivity index (χ1v) is 5.76. The van der Waals surface area contributed by atoms with E-state index < -0.39 is 11.3 Å². The zero-order valence-corrected chi connectivity index (χ0v) is 9.84. The molecular formula is C12H11ClF2N2. The zero-order chi connectivity index (χ0) is 12.5. The van der Waals surface area contributed by atoms with E-state index in [2.05, 4.69) is 11.1 Å². The van der Waals surface area contributed by atoms with Crippen LogP contribution in [0.4, 0.5) is 8.78 Å². The van der Waals surface area contributed by atoms with E-state index in [1.54, 1.807) is 12.1 Å². The number of halogens is 3. The van der Waals surface area contributed by atoms with Crippen molar-refractivity contribution in [3.8, 4) is 6.07 Å². The largest absolute Gasteiger partial charge is 0.248 e. The molecule has 2 nitrogen and oxygen atoms in total. The summed E-state index contributed by atoms with van der Waals surface area (Å²) in [7, 11) is 0. The highest BCUT2D eigenvalue weighted by Crippen LogP contribution is 2.44. The molecule has 0 aromatic carbocycles. The average Bonchev–Trinajstić information content (AvgIpc) is 2.31. The van der Waals surface area contributed by atoms with Gasteiger partial charge in [-0.05, 0) is 24.5 Å². The van der Waals surface area contributed by atoms with Gasteiger partial charge in [0.15, 0.2) is 0 Å². The van der Waals surface area contributed by atoms with E-state index in [1.165, 1.54) is 6.20 Å². The van der Waals surface area contributed by atoms with Crippen molar-refractivity contribution in [2.24, 2.45) is 0 Å². The van der Waals surface area contributed by atoms with E-state index >= 15 is 0 Å². The first kappa shape index (κ1) is 12.3. The summed E-state index contributed by atoms with van der Waals surface area (Å²) in [5.74, 6) is -2.64. The molecule has 1 aliphatic rings. The maximum absolute atomic E-state index is 13.1. The minimum absolute atomic E-state index is 0.166. The van der Waals surface area contributed by atoms with E-state index in [0.29, 0.717) is 10.7 Å². The molecule has 0 unspecified atom stereocenters. The van der Waals surface area contributed by atoms with E-state index in [0.717, 1.165) is 0 Å². The normalized spacial score (nSPS) is 21.8. The SMILES string of the molecule is N#CC1(c2ccc(Cl)nc2)CCC(F)(F)CC1. The molecule has 0 atom stereocenters. The monoisotopic (exact) mass is 256 g/mol. The van der Waals surface area contributed by atoms with E-state index in [1.807, 2.05) is 0 Å². The molecule has 0 N–H and O–H groups in total. The summed E-state index contributed by atoms with van der Waals surface area (Å²) >= 11 is 5.67. The van der Waals surface area contributed by atoms with Crippen LogP contribution >= 0.6 is 11.6 Å². The quantitative estimate of drug-likeness (QED) is 0.718. The van der Waals surface area contributed by atoms with Gasteiger partial charge in [-0.15, -0.1) is 0 Å². The van der Waals surface area contributed by atoms with Crippen LogP contribution in [0.3, 0.4) is 0 Å². The second-order valence-corrected chi connectivity index (χ2v) is 4.81. The van der Waals surface area contributed by atoms with Crippen LogP contribution in [0, 0.1) is 11.3 Å². The maximum atomic E-state index is 13.1. The van der Waals surface area contributed by atoms with Crippen molar-refractivity contribution in [3.63, 3.8) is 0 Å². The van der Waals surface area contributed by atoms with Gasteiger partial charge in [-0.1, -0.05) is 17.7 Å². The standard InChI is InChI=1S/C12H11ClF2N2/c13-10-2-1-9(7-17-10)11(8-16)3-5-12(14,15)6-4-11/h1-2,7H,3-6H2. The Morgan fingerprint density at radius 3 is 2.35 bits per heavy atom. The second-order valence-electron chi connectivity index (χ2n) is 4.42. The molecule has 0 spiro atoms. The van der Waals surface area contributed by atoms with Crippen molar-refractivity contribution in [1.82, 2.24) is 4.98 Å². The van der Waals surface area contributed by atoms with Crippen LogP contribution in [-0.4, -0.2) is 10.9 Å². The molecule has 1 aromatic rings. The van der Waals surface area contributed by atoms with Gasteiger partial charge < -0.3 is 0 Å². The van der Waals surface area contributed by atoms with Crippen LogP contribution in [0.1, 0.15) is 31.2 Å². The maximum Gasteiger partial charge on any atom is 0.248 e. The lowest BCUT2D eigenvalue weighted by atomic mass is 9.70. The Balaban J connectivity index is 2.28. The van der Waals surface area contributed by atoms with Gasteiger partial charge in [-0.3, -0.25) is 0 Å². The lowest BCUT2D eigenvalue weighted by molar-refractivity contribution is -0.0453. The molecule has 1 aliphatic carbocycles. The summed E-state index contributed by atoms with van der Waals surface area (Å²) in [6, 6.07) is 5.46. The molecule has 1 heterocycles. The Hall–Kier alpha value is -1.21. The topological polar surface area (TPSA) is 36.7 Å². The Morgan fingerprint density at radius 1 is 1.24 bits per heavy atom. The van der Waals surface area contributed by atoms with Crippen LogP contribution in [0.25, 0.3) is 0 Å². The molecule has 2 rings (SSSR count). The van der Waals surface area contributed by atoms with Crippen molar-refractivity contribution < 1.29 is 8.78 Å². The number of nitrogens with zero attached hydrogens (tertiary/aromatic N) is 2. The van der Waals surface area contributed by atoms with E-state index in [4.69, 9.17) is 11.6 Å². The lowest BCUT2D eigenvalue weighted by Gasteiger charge is -2.34. The molecule has 1 aromatic heterocycles. The average molecular weight is 257 g/mol. The molecule has 0 amide bonds. The van der Waals surface area contributed by atoms with Crippen molar-refractivity contribution in [2.45, 2.75) is 37.0 Å². The minimum atomic E-state index is -2.64. The van der Waals surface area contributed by atoms with Gasteiger partial charge in [-0.2, -0.15) is 5.26 Å². The Bertz CT molecular complexity index is 441. The molecular weight excluding hydrogens is 246 g/mol. The van der Waals surface area contributed by atoms with Gasteiger partial charge in [0.05, 0.1) is 11.5 Å². The fourth-order valence-electron chi connectivity index (χ4n) is 2.17. The number of pyridine rings is 1. The summed E-state index contributed by atoms with van der Waals surface area (Å²) in [4.78, 5) is 3.91. The first-order chi connectivity index (χ1) is 7.97. The number of nitriles is 1. The highest BCUT2D eigenvalue weighted by atomic mass is 35.5. The summed E-state index contributed by atoms with van der Waals surface area (Å²) < 4.78 is 26.2. The predicted octanol–water partition coefficient (Wildman–Crippen LogP) is 3.71. The minimum Gasteiger partial charge on any atom is -0.244 e. The number of aromatic nitrogens is 1. The van der Waals surface area contributed by atoms with Crippen LogP contribution in [-0.2, 0) is 5.41 Å². The Kier molecular flexibility index (Phi) is 3.05. The number of hydrogen-bond acceptors (Lipinski definition) is 2. The molecule has 0 saturated heterocycles. The highest BCUT2D eigenvalue weighted by Gasteiger charge is 2.44. The van der Waals surface area contributed by atoms with Crippen LogP contribution in [0.15, 0.2) is 18.3 Å². The Labute approximate surface area is 103 Å². The predicted molar refractivity (Wildman–Crippen MR) is 60.0 cm³/mol. The summed E-state index contributed by atoms with van der Waals surface area (Å²) in [6.45, 7) is 0. The number of rotatable bonds is 1. The van der Waals surface area contributed by atoms with Crippen LogP contribution < -0.4 is 0 Å². The molecule has 17 heavy (non-hydrogen) atoms. The highest BCUT2D eigenvalue weighted by molar-refractivity contribution is 6.29. The molecule has 0 radical (unpaired) electrons. The molecule has 1 saturated carbocycles. The number of alkyl halides is 2. The van der Waals surface area contributed by atoms with Gasteiger partial charge in [0.25, 0.3) is 0 Å². The molecule has 0 bridgehead atoms. The van der Waals surface area contributed by atoms with Gasteiger partial charge in [0.2, 0.25) is 5.92 Å². The fraction of sp³-hybridized carbons (Fsp3) is 0.500. The lowest BCUT2D eigenvalue weighted by Crippen LogP contribution is -2.35. The molecule has 0 aliphatic heterocycles. The van der Waals surface area contributed by atoms with E-state index in [-0.39, 0.29) is 25.7 Å². The molecule has 1 fully saturated rings. The second kappa shape index (κ2) is 4.23. The van der Waals surface area contributed by atoms with Crippen LogP contribution in [0.5, 0.6) is 0 Å². The van der Waals surface area contributed by atoms with E-state index in [9.17, 15) is 14.0 Å². The van der Waals surface area contributed by atoms with Gasteiger partial charge in [-0.25, -0.2) is 13.8 Å². The zero-order valence-electron chi connectivity index (χ0n) is 9.09. The van der Waals surface area contributed by atoms with Gasteiger partial charge in [0, 0.05) is 19.0 Å². The number of hydrogen-bond donors (Lipinski definition) is 0. The third-order valence-electron chi connectivity index (χ3n) is 3.33. The summed E-state index contributed by atoms with van der Waals surface area (Å²) in [5.41, 5.74) is -0.154. The first-order valence-electron chi connectivity index (χ1n) is 5.39. The van der Waals surface area contributed by atoms with Crippen molar-refractivity contribution in [2.75, 3.05) is 0 Å².